The van der Waals surface area contributed by atoms with Crippen LogP contribution < -0.4 is 0 Å². The van der Waals surface area contributed by atoms with Crippen molar-refractivity contribution in [3.8, 4) is 0 Å². The lowest BCUT2D eigenvalue weighted by atomic mass is 10.3. The fourth-order valence-electron chi connectivity index (χ4n) is 0.356. The third-order valence-corrected chi connectivity index (χ3v) is 1.58. The first-order valence-corrected chi connectivity index (χ1v) is 4.32. The van der Waals surface area contributed by atoms with Crippen LogP contribution in [0.1, 0.15) is 14.2 Å². The predicted octanol–water partition coefficient (Wildman–Crippen LogP) is 0.0289. The fourth-order valence-corrected chi connectivity index (χ4v) is 0.822. The van der Waals surface area contributed by atoms with Crippen molar-refractivity contribution in [1.29, 1.82) is 0 Å². The van der Waals surface area contributed by atoms with E-state index in [2.05, 4.69) is 0 Å². The molecule has 0 aromatic rings. The van der Waals surface area contributed by atoms with Crippen molar-refractivity contribution in [2.75, 3.05) is 6.16 Å². The molecule has 0 aromatic heterocycles. The summed E-state index contributed by atoms with van der Waals surface area (Å²) in [6.07, 6.45) is -2.31. The van der Waals surface area contributed by atoms with E-state index in [0.717, 1.165) is 0 Å². The Kier molecular flexibility index (Phi) is 2.86. The number of rotatable bonds is 4. The molecule has 60 valence electrons. The Hall–Kier alpha value is -0.380. The second-order valence-electron chi connectivity index (χ2n) is 1.72. The standard InChI is InChI=1S/C4H9O5P/c5-4(6)2-1-3-10(7,8)9/h1-3H2,(H,5,6)(H2,7,8,9)/i2D. The van der Waals surface area contributed by atoms with Gasteiger partial charge in [-0.2, -0.15) is 0 Å². The van der Waals surface area contributed by atoms with E-state index >= 15 is 0 Å². The zero-order valence-corrected chi connectivity index (χ0v) is 5.99. The molecule has 0 aliphatic heterocycles. The van der Waals surface area contributed by atoms with Gasteiger partial charge in [-0.1, -0.05) is 0 Å². The Morgan fingerprint density at radius 3 is 2.40 bits per heavy atom. The molecule has 0 aliphatic rings. The quantitative estimate of drug-likeness (QED) is 0.516. The van der Waals surface area contributed by atoms with Gasteiger partial charge in [0, 0.05) is 7.77 Å². The van der Waals surface area contributed by atoms with Crippen molar-refractivity contribution in [1.82, 2.24) is 0 Å². The van der Waals surface area contributed by atoms with Gasteiger partial charge < -0.3 is 14.9 Å². The predicted molar refractivity (Wildman–Crippen MR) is 33.8 cm³/mol. The van der Waals surface area contributed by atoms with Crippen molar-refractivity contribution in [2.45, 2.75) is 12.8 Å². The monoisotopic (exact) mass is 169 g/mol. The maximum atomic E-state index is 10.2. The van der Waals surface area contributed by atoms with E-state index in [1.54, 1.807) is 0 Å². The smallest absolute Gasteiger partial charge is 0.325 e. The third kappa shape index (κ3) is 7.62. The molecule has 1 atom stereocenters. The number of aliphatic carboxylic acids is 1. The summed E-state index contributed by atoms with van der Waals surface area (Å²) in [4.78, 5) is 26.5. The number of carboxylic acids is 1. The molecule has 0 saturated heterocycles. The molecule has 10 heavy (non-hydrogen) atoms. The fraction of sp³-hybridized carbons (Fsp3) is 0.750. The first kappa shape index (κ1) is 7.72. The van der Waals surface area contributed by atoms with Crippen LogP contribution >= 0.6 is 7.60 Å². The summed E-state index contributed by atoms with van der Waals surface area (Å²) in [5.41, 5.74) is 0. The molecule has 5 nitrogen and oxygen atoms in total. The van der Waals surface area contributed by atoms with Crippen molar-refractivity contribution in [3.63, 3.8) is 0 Å². The van der Waals surface area contributed by atoms with Gasteiger partial charge in [0.15, 0.2) is 0 Å². The second-order valence-corrected chi connectivity index (χ2v) is 3.50. The normalized spacial score (nSPS) is 16.0. The summed E-state index contributed by atoms with van der Waals surface area (Å²) < 4.78 is 16.9. The summed E-state index contributed by atoms with van der Waals surface area (Å²) in [5.74, 6) is -1.36. The van der Waals surface area contributed by atoms with Gasteiger partial charge in [0.05, 0.1) is 6.16 Å². The van der Waals surface area contributed by atoms with Crippen molar-refractivity contribution < 1.29 is 25.6 Å². The summed E-state index contributed by atoms with van der Waals surface area (Å²) in [7, 11) is -4.14. The zero-order chi connectivity index (χ0) is 9.07. The molecule has 0 saturated carbocycles. The van der Waals surface area contributed by atoms with E-state index in [9.17, 15) is 9.36 Å². The molecule has 0 heterocycles. The topological polar surface area (TPSA) is 94.8 Å². The lowest BCUT2D eigenvalue weighted by Crippen LogP contribution is -1.96. The molecular weight excluding hydrogens is 159 g/mol. The molecule has 0 radical (unpaired) electrons. The summed E-state index contributed by atoms with van der Waals surface area (Å²) in [6.45, 7) is 0. The van der Waals surface area contributed by atoms with E-state index < -0.39 is 26.1 Å². The van der Waals surface area contributed by atoms with Crippen LogP contribution in [0.25, 0.3) is 0 Å². The summed E-state index contributed by atoms with van der Waals surface area (Å²) in [6, 6.07) is 0. The minimum absolute atomic E-state index is 0.320. The molecule has 0 rings (SSSR count). The molecule has 0 amide bonds. The first-order chi connectivity index (χ1) is 4.83. The lowest BCUT2D eigenvalue weighted by molar-refractivity contribution is -0.137. The van der Waals surface area contributed by atoms with Crippen LogP contribution in [0.2, 0.25) is 0 Å². The van der Waals surface area contributed by atoms with Crippen LogP contribution in [0.3, 0.4) is 0 Å². The third-order valence-electron chi connectivity index (χ3n) is 0.739. The lowest BCUT2D eigenvalue weighted by Gasteiger charge is -1.99. The Morgan fingerprint density at radius 1 is 1.60 bits per heavy atom. The van der Waals surface area contributed by atoms with Crippen molar-refractivity contribution in [3.05, 3.63) is 0 Å². The second kappa shape index (κ2) is 3.71. The highest BCUT2D eigenvalue weighted by Crippen LogP contribution is 2.35. The highest BCUT2D eigenvalue weighted by molar-refractivity contribution is 7.51. The van der Waals surface area contributed by atoms with E-state index in [1.165, 1.54) is 0 Å². The molecule has 3 N–H and O–H groups in total. The van der Waals surface area contributed by atoms with E-state index in [4.69, 9.17) is 16.3 Å². The number of carbonyl (C=O) groups is 1. The van der Waals surface area contributed by atoms with Crippen LogP contribution in [0.15, 0.2) is 0 Å². The molecular formula is C4H9O5P. The van der Waals surface area contributed by atoms with E-state index in [1.807, 2.05) is 0 Å². The molecule has 0 aliphatic carbocycles. The highest BCUT2D eigenvalue weighted by Gasteiger charge is 2.12. The zero-order valence-electron chi connectivity index (χ0n) is 6.10. The number of hydrogen-bond donors (Lipinski definition) is 3. The Morgan fingerprint density at radius 2 is 2.10 bits per heavy atom. The van der Waals surface area contributed by atoms with Crippen LogP contribution in [0.5, 0.6) is 0 Å². The molecule has 0 aromatic carbocycles. The van der Waals surface area contributed by atoms with E-state index in [0.29, 0.717) is 0 Å². The number of carboxylic acid groups (broad SMARTS) is 1. The molecule has 1 unspecified atom stereocenters. The molecule has 6 heteroatoms. The first-order valence-electron chi connectivity index (χ1n) is 3.10. The minimum atomic E-state index is -4.14. The SMILES string of the molecule is [2H]C(CCP(=O)(O)O)C(=O)O. The van der Waals surface area contributed by atoms with Gasteiger partial charge in [-0.15, -0.1) is 0 Å². The van der Waals surface area contributed by atoms with Crippen LogP contribution in [-0.4, -0.2) is 27.0 Å². The largest absolute Gasteiger partial charge is 0.481 e. The van der Waals surface area contributed by atoms with Gasteiger partial charge >= 0.3 is 13.6 Å². The average Bonchev–Trinajstić information content (AvgIpc) is 1.80. The number of hydrogen-bond acceptors (Lipinski definition) is 2. The van der Waals surface area contributed by atoms with Crippen LogP contribution in [0.4, 0.5) is 0 Å². The van der Waals surface area contributed by atoms with E-state index in [-0.39, 0.29) is 6.42 Å². The Balaban J connectivity index is 3.72. The average molecular weight is 169 g/mol. The van der Waals surface area contributed by atoms with Gasteiger partial charge in [0.25, 0.3) is 0 Å². The highest BCUT2D eigenvalue weighted by atomic mass is 31.2. The maximum absolute atomic E-state index is 10.2. The molecule has 0 fully saturated rings. The minimum Gasteiger partial charge on any atom is -0.481 e. The van der Waals surface area contributed by atoms with Gasteiger partial charge in [-0.05, 0) is 6.42 Å². The Labute approximate surface area is 59.2 Å². The summed E-state index contributed by atoms with van der Waals surface area (Å²) in [5, 5.41) is 8.14. The summed E-state index contributed by atoms with van der Waals surface area (Å²) >= 11 is 0. The van der Waals surface area contributed by atoms with Gasteiger partial charge in [-0.25, -0.2) is 0 Å². The molecule has 0 spiro atoms. The van der Waals surface area contributed by atoms with Crippen molar-refractivity contribution >= 4 is 13.6 Å². The van der Waals surface area contributed by atoms with Gasteiger partial charge in [0.1, 0.15) is 0 Å². The van der Waals surface area contributed by atoms with Crippen LogP contribution in [-0.2, 0) is 9.36 Å². The van der Waals surface area contributed by atoms with Gasteiger partial charge in [0.2, 0.25) is 0 Å². The van der Waals surface area contributed by atoms with Gasteiger partial charge in [-0.3, -0.25) is 9.36 Å². The van der Waals surface area contributed by atoms with Crippen molar-refractivity contribution in [2.24, 2.45) is 0 Å². The Bertz CT molecular complexity index is 187. The molecule has 0 bridgehead atoms. The maximum Gasteiger partial charge on any atom is 0.325 e. The van der Waals surface area contributed by atoms with Crippen LogP contribution in [0, 0.1) is 0 Å².